The number of carbonyl (C=O) groups excluding carboxylic acids is 1. The second-order valence-corrected chi connectivity index (χ2v) is 6.86. The van der Waals surface area contributed by atoms with Gasteiger partial charge in [-0.1, -0.05) is 18.2 Å². The molecule has 1 aliphatic rings. The molecule has 1 aliphatic heterocycles. The van der Waals surface area contributed by atoms with E-state index >= 15 is 0 Å². The minimum absolute atomic E-state index is 0.0393. The van der Waals surface area contributed by atoms with Gasteiger partial charge in [-0.05, 0) is 33.8 Å². The van der Waals surface area contributed by atoms with Gasteiger partial charge in [-0.3, -0.25) is 9.69 Å². The van der Waals surface area contributed by atoms with Crippen LogP contribution < -0.4 is 10.1 Å². The molecule has 5 heteroatoms. The van der Waals surface area contributed by atoms with Crippen LogP contribution in [-0.4, -0.2) is 48.8 Å². The molecule has 1 saturated heterocycles. The van der Waals surface area contributed by atoms with E-state index in [-0.39, 0.29) is 17.6 Å². The minimum atomic E-state index is -0.263. The third kappa shape index (κ3) is 5.52. The highest BCUT2D eigenvalue weighted by atomic mass is 16.5. The van der Waals surface area contributed by atoms with Crippen LogP contribution in [0.1, 0.15) is 33.3 Å². The van der Waals surface area contributed by atoms with E-state index in [1.807, 2.05) is 52.0 Å². The second-order valence-electron chi connectivity index (χ2n) is 6.86. The Bertz CT molecular complexity index is 519. The first kappa shape index (κ1) is 17.8. The van der Waals surface area contributed by atoms with Crippen LogP contribution in [-0.2, 0) is 16.1 Å². The summed E-state index contributed by atoms with van der Waals surface area (Å²) in [7, 11) is 0. The molecule has 1 aromatic rings. The molecule has 0 bridgehead atoms. The number of amides is 1. The zero-order chi connectivity index (χ0) is 16.9. The van der Waals surface area contributed by atoms with Crippen molar-refractivity contribution in [3.63, 3.8) is 0 Å². The van der Waals surface area contributed by atoms with Crippen molar-refractivity contribution < 1.29 is 14.3 Å². The van der Waals surface area contributed by atoms with Gasteiger partial charge in [0.15, 0.2) is 0 Å². The van der Waals surface area contributed by atoms with Crippen LogP contribution in [0, 0.1) is 0 Å². The number of hydrogen-bond acceptors (Lipinski definition) is 4. The quantitative estimate of drug-likeness (QED) is 0.904. The van der Waals surface area contributed by atoms with E-state index in [1.165, 1.54) is 0 Å². The number of hydrogen-bond donors (Lipinski definition) is 1. The summed E-state index contributed by atoms with van der Waals surface area (Å²) in [5, 5.41) is 3.02. The summed E-state index contributed by atoms with van der Waals surface area (Å²) >= 11 is 0. The number of nitrogens with one attached hydrogen (secondary N) is 1. The van der Waals surface area contributed by atoms with E-state index < -0.39 is 0 Å². The molecule has 5 nitrogen and oxygen atoms in total. The van der Waals surface area contributed by atoms with Crippen LogP contribution in [0.2, 0.25) is 0 Å². The predicted octanol–water partition coefficient (Wildman–Crippen LogP) is 2.20. The average Bonchev–Trinajstić information content (AvgIpc) is 2.52. The Balaban J connectivity index is 1.93. The van der Waals surface area contributed by atoms with Crippen LogP contribution in [0.4, 0.5) is 0 Å². The van der Waals surface area contributed by atoms with Crippen LogP contribution in [0.25, 0.3) is 0 Å². The van der Waals surface area contributed by atoms with E-state index in [1.54, 1.807) is 0 Å². The zero-order valence-electron chi connectivity index (χ0n) is 14.6. The smallest absolute Gasteiger partial charge is 0.237 e. The minimum Gasteiger partial charge on any atom is -0.488 e. The number of ether oxygens (including phenoxy) is 2. The fourth-order valence-corrected chi connectivity index (χ4v) is 2.54. The molecule has 1 aromatic carbocycles. The zero-order valence-corrected chi connectivity index (χ0v) is 14.6. The van der Waals surface area contributed by atoms with Crippen molar-refractivity contribution in [3.05, 3.63) is 29.8 Å². The van der Waals surface area contributed by atoms with Crippen molar-refractivity contribution >= 4 is 5.91 Å². The lowest BCUT2D eigenvalue weighted by molar-refractivity contribution is -0.127. The number of para-hydroxylation sites is 1. The van der Waals surface area contributed by atoms with Gasteiger partial charge in [-0.25, -0.2) is 0 Å². The normalized spacial score (nSPS) is 17.6. The molecule has 0 spiro atoms. The molecule has 1 N–H and O–H groups in total. The van der Waals surface area contributed by atoms with Gasteiger partial charge in [0.25, 0.3) is 0 Å². The molecular formula is C18H28N2O3. The summed E-state index contributed by atoms with van der Waals surface area (Å²) in [5.74, 6) is 0.858. The molecule has 0 aromatic heterocycles. The summed E-state index contributed by atoms with van der Waals surface area (Å²) in [4.78, 5) is 14.5. The second kappa shape index (κ2) is 7.79. The van der Waals surface area contributed by atoms with E-state index in [0.717, 1.165) is 24.4 Å². The van der Waals surface area contributed by atoms with Crippen molar-refractivity contribution in [1.82, 2.24) is 10.2 Å². The molecule has 0 radical (unpaired) electrons. The highest BCUT2D eigenvalue weighted by Gasteiger charge is 2.23. The summed E-state index contributed by atoms with van der Waals surface area (Å²) < 4.78 is 11.3. The molecule has 0 saturated carbocycles. The van der Waals surface area contributed by atoms with E-state index in [4.69, 9.17) is 9.47 Å². The Hall–Kier alpha value is -1.59. The predicted molar refractivity (Wildman–Crippen MR) is 90.5 cm³/mol. The number of nitrogens with zero attached hydrogens (tertiary/aromatic N) is 1. The first-order chi connectivity index (χ1) is 10.9. The number of morpholine rings is 1. The van der Waals surface area contributed by atoms with Crippen LogP contribution in [0.3, 0.4) is 0 Å². The van der Waals surface area contributed by atoms with E-state index in [0.29, 0.717) is 19.8 Å². The van der Waals surface area contributed by atoms with Crippen molar-refractivity contribution in [1.29, 1.82) is 0 Å². The van der Waals surface area contributed by atoms with Gasteiger partial charge in [-0.15, -0.1) is 0 Å². The molecule has 2 rings (SSSR count). The van der Waals surface area contributed by atoms with Gasteiger partial charge in [0.1, 0.15) is 11.4 Å². The van der Waals surface area contributed by atoms with Crippen molar-refractivity contribution in [2.75, 3.05) is 26.3 Å². The first-order valence-electron chi connectivity index (χ1n) is 8.23. The molecule has 128 valence electrons. The molecule has 1 atom stereocenters. The Morgan fingerprint density at radius 2 is 1.96 bits per heavy atom. The fraction of sp³-hybridized carbons (Fsp3) is 0.611. The Morgan fingerprint density at radius 3 is 2.61 bits per heavy atom. The lowest BCUT2D eigenvalue weighted by atomic mass is 10.1. The van der Waals surface area contributed by atoms with Gasteiger partial charge in [-0.2, -0.15) is 0 Å². The van der Waals surface area contributed by atoms with Crippen molar-refractivity contribution in [2.45, 2.75) is 45.9 Å². The molecule has 23 heavy (non-hydrogen) atoms. The number of carbonyl (C=O) groups is 1. The topological polar surface area (TPSA) is 50.8 Å². The Morgan fingerprint density at radius 1 is 1.30 bits per heavy atom. The van der Waals surface area contributed by atoms with Crippen LogP contribution >= 0.6 is 0 Å². The molecule has 1 unspecified atom stereocenters. The van der Waals surface area contributed by atoms with Gasteiger partial charge >= 0.3 is 0 Å². The largest absolute Gasteiger partial charge is 0.488 e. The first-order valence-corrected chi connectivity index (χ1v) is 8.23. The summed E-state index contributed by atoms with van der Waals surface area (Å²) in [6.45, 7) is 11.5. The maximum atomic E-state index is 12.4. The highest BCUT2D eigenvalue weighted by molar-refractivity contribution is 5.81. The molecular weight excluding hydrogens is 292 g/mol. The Labute approximate surface area is 139 Å². The number of rotatable bonds is 5. The van der Waals surface area contributed by atoms with Gasteiger partial charge in [0.05, 0.1) is 19.3 Å². The molecule has 1 amide bonds. The van der Waals surface area contributed by atoms with Crippen molar-refractivity contribution in [3.8, 4) is 5.75 Å². The fourth-order valence-electron chi connectivity index (χ4n) is 2.54. The third-order valence-electron chi connectivity index (χ3n) is 3.81. The van der Waals surface area contributed by atoms with Gasteiger partial charge < -0.3 is 14.8 Å². The third-order valence-corrected chi connectivity index (χ3v) is 3.81. The van der Waals surface area contributed by atoms with Crippen molar-refractivity contribution in [2.24, 2.45) is 0 Å². The summed E-state index contributed by atoms with van der Waals surface area (Å²) in [6, 6.07) is 7.69. The summed E-state index contributed by atoms with van der Waals surface area (Å²) in [5.41, 5.74) is 0.728. The maximum Gasteiger partial charge on any atom is 0.237 e. The SMILES string of the molecule is CC(C(=O)NCc1ccccc1OC(C)(C)C)N1CCOCC1. The standard InChI is InChI=1S/C18H28N2O3/c1-14(20-9-11-22-12-10-20)17(21)19-13-15-7-5-6-8-16(15)23-18(2,3)4/h5-8,14H,9-13H2,1-4H3,(H,19,21). The van der Waals surface area contributed by atoms with Gasteiger partial charge in [0, 0.05) is 25.2 Å². The van der Waals surface area contributed by atoms with E-state index in [2.05, 4.69) is 10.2 Å². The molecule has 1 heterocycles. The lowest BCUT2D eigenvalue weighted by Crippen LogP contribution is -2.49. The number of benzene rings is 1. The van der Waals surface area contributed by atoms with Gasteiger partial charge in [0.2, 0.25) is 5.91 Å². The van der Waals surface area contributed by atoms with E-state index in [9.17, 15) is 4.79 Å². The average molecular weight is 320 g/mol. The molecule has 0 aliphatic carbocycles. The van der Waals surface area contributed by atoms with Crippen LogP contribution in [0.5, 0.6) is 5.75 Å². The monoisotopic (exact) mass is 320 g/mol. The van der Waals surface area contributed by atoms with Crippen LogP contribution in [0.15, 0.2) is 24.3 Å². The maximum absolute atomic E-state index is 12.4. The highest BCUT2D eigenvalue weighted by Crippen LogP contribution is 2.22. The summed E-state index contributed by atoms with van der Waals surface area (Å²) in [6.07, 6.45) is 0. The molecule has 1 fully saturated rings. The lowest BCUT2D eigenvalue weighted by Gasteiger charge is -2.31. The Kier molecular flexibility index (Phi) is 6.02.